The summed E-state index contributed by atoms with van der Waals surface area (Å²) in [6, 6.07) is 12.7. The number of sulfonamides is 1. The third-order valence-corrected chi connectivity index (χ3v) is 8.42. The van der Waals surface area contributed by atoms with Gasteiger partial charge >= 0.3 is 0 Å². The second-order valence-electron chi connectivity index (χ2n) is 10.3. The molecule has 0 heterocycles. The van der Waals surface area contributed by atoms with Crippen molar-refractivity contribution in [2.24, 2.45) is 0 Å². The van der Waals surface area contributed by atoms with Gasteiger partial charge in [0.15, 0.2) is 0 Å². The topological polar surface area (TPSA) is 86.8 Å². The van der Waals surface area contributed by atoms with Gasteiger partial charge in [-0.3, -0.25) is 13.9 Å². The molecule has 0 saturated heterocycles. The van der Waals surface area contributed by atoms with Crippen molar-refractivity contribution in [3.63, 3.8) is 0 Å². The lowest BCUT2D eigenvalue weighted by Gasteiger charge is -2.34. The van der Waals surface area contributed by atoms with Crippen LogP contribution in [0.2, 0.25) is 0 Å². The fourth-order valence-corrected chi connectivity index (χ4v) is 5.97. The molecule has 1 atom stereocenters. The molecule has 2 aromatic rings. The lowest BCUT2D eigenvalue weighted by molar-refractivity contribution is -0.140. The van der Waals surface area contributed by atoms with Gasteiger partial charge in [-0.25, -0.2) is 8.42 Å². The van der Waals surface area contributed by atoms with Gasteiger partial charge in [-0.15, -0.1) is 0 Å². The molecule has 7 nitrogen and oxygen atoms in total. The monoisotopic (exact) mass is 527 g/mol. The molecule has 3 rings (SSSR count). The SMILES string of the molecule is CC[C@H](C(=O)NC1CCCCC1)N(Cc1cccc(C)c1)C(=O)CN(c1cccc(C)c1C)S(C)(=O)=O. The zero-order chi connectivity index (χ0) is 27.2. The number of hydrogen-bond donors (Lipinski definition) is 1. The molecule has 0 bridgehead atoms. The number of rotatable bonds is 10. The Kier molecular flexibility index (Phi) is 9.76. The zero-order valence-corrected chi connectivity index (χ0v) is 23.6. The number of carbonyl (C=O) groups excluding carboxylic acids is 2. The van der Waals surface area contributed by atoms with E-state index in [4.69, 9.17) is 0 Å². The molecule has 1 N–H and O–H groups in total. The molecule has 1 fully saturated rings. The van der Waals surface area contributed by atoms with E-state index in [9.17, 15) is 18.0 Å². The molecule has 0 aromatic heterocycles. The van der Waals surface area contributed by atoms with Crippen LogP contribution in [0.25, 0.3) is 0 Å². The summed E-state index contributed by atoms with van der Waals surface area (Å²) in [5.74, 6) is -0.577. The largest absolute Gasteiger partial charge is 0.352 e. The van der Waals surface area contributed by atoms with Crippen LogP contribution >= 0.6 is 0 Å². The van der Waals surface area contributed by atoms with Crippen LogP contribution in [-0.4, -0.2) is 50.0 Å². The van der Waals surface area contributed by atoms with E-state index in [1.807, 2.05) is 58.0 Å². The Morgan fingerprint density at radius 3 is 2.32 bits per heavy atom. The first-order chi connectivity index (χ1) is 17.5. The Balaban J connectivity index is 1.94. The predicted molar refractivity (Wildman–Crippen MR) is 149 cm³/mol. The molecule has 202 valence electrons. The summed E-state index contributed by atoms with van der Waals surface area (Å²) in [7, 11) is -3.76. The number of benzene rings is 2. The molecule has 8 heteroatoms. The van der Waals surface area contributed by atoms with Gasteiger partial charge in [0, 0.05) is 12.6 Å². The fourth-order valence-electron chi connectivity index (χ4n) is 5.07. The lowest BCUT2D eigenvalue weighted by atomic mass is 9.95. The first-order valence-electron chi connectivity index (χ1n) is 13.2. The average Bonchev–Trinajstić information content (AvgIpc) is 2.84. The molecule has 0 unspecified atom stereocenters. The number of hydrogen-bond acceptors (Lipinski definition) is 4. The van der Waals surface area contributed by atoms with Gasteiger partial charge in [-0.2, -0.15) is 0 Å². The van der Waals surface area contributed by atoms with E-state index in [2.05, 4.69) is 5.32 Å². The molecule has 0 radical (unpaired) electrons. The average molecular weight is 528 g/mol. The summed E-state index contributed by atoms with van der Waals surface area (Å²) >= 11 is 0. The minimum Gasteiger partial charge on any atom is -0.352 e. The van der Waals surface area contributed by atoms with Crippen molar-refractivity contribution < 1.29 is 18.0 Å². The Bertz CT molecular complexity index is 1210. The predicted octanol–water partition coefficient (Wildman–Crippen LogP) is 4.63. The van der Waals surface area contributed by atoms with Crippen molar-refractivity contribution in [3.8, 4) is 0 Å². The minimum absolute atomic E-state index is 0.119. The summed E-state index contributed by atoms with van der Waals surface area (Å²) in [5, 5.41) is 3.17. The zero-order valence-electron chi connectivity index (χ0n) is 22.8. The first kappa shape index (κ1) is 28.7. The van der Waals surface area contributed by atoms with Crippen LogP contribution in [0.5, 0.6) is 0 Å². The van der Waals surface area contributed by atoms with Crippen molar-refractivity contribution in [3.05, 3.63) is 64.7 Å². The summed E-state index contributed by atoms with van der Waals surface area (Å²) in [6.07, 6.45) is 6.80. The lowest BCUT2D eigenvalue weighted by Crippen LogP contribution is -2.54. The van der Waals surface area contributed by atoms with Crippen LogP contribution in [-0.2, 0) is 26.2 Å². The molecule has 37 heavy (non-hydrogen) atoms. The standard InChI is InChI=1S/C29H41N3O4S/c1-6-26(29(34)30-25-15-8-7-9-16-25)31(19-24-14-10-12-21(2)18-24)28(33)20-32(37(5,35)36)27-17-11-13-22(3)23(27)4/h10-14,17-18,25-26H,6-9,15-16,19-20H2,1-5H3,(H,30,34)/t26-/m1/s1. The maximum Gasteiger partial charge on any atom is 0.244 e. The molecular weight excluding hydrogens is 486 g/mol. The van der Waals surface area contributed by atoms with Gasteiger partial charge in [0.05, 0.1) is 11.9 Å². The van der Waals surface area contributed by atoms with E-state index in [1.165, 1.54) is 6.42 Å². The Morgan fingerprint density at radius 1 is 1.03 bits per heavy atom. The van der Waals surface area contributed by atoms with Crippen LogP contribution in [0.1, 0.15) is 67.7 Å². The van der Waals surface area contributed by atoms with Gasteiger partial charge in [-0.05, 0) is 62.8 Å². The molecule has 1 aliphatic rings. The molecule has 0 aliphatic heterocycles. The molecule has 1 aliphatic carbocycles. The third-order valence-electron chi connectivity index (χ3n) is 7.30. The highest BCUT2D eigenvalue weighted by Gasteiger charge is 2.33. The smallest absolute Gasteiger partial charge is 0.244 e. The number of nitrogens with zero attached hydrogens (tertiary/aromatic N) is 2. The summed E-state index contributed by atoms with van der Waals surface area (Å²) in [6.45, 7) is 7.48. The van der Waals surface area contributed by atoms with Gasteiger partial charge in [0.25, 0.3) is 0 Å². The fraction of sp³-hybridized carbons (Fsp3) is 0.517. The molecule has 2 amide bonds. The van der Waals surface area contributed by atoms with Crippen LogP contribution in [0.3, 0.4) is 0 Å². The van der Waals surface area contributed by atoms with Crippen molar-refractivity contribution in [1.29, 1.82) is 0 Å². The van der Waals surface area contributed by atoms with Crippen LogP contribution in [0, 0.1) is 20.8 Å². The van der Waals surface area contributed by atoms with Gasteiger partial charge in [0.2, 0.25) is 21.8 Å². The van der Waals surface area contributed by atoms with E-state index in [0.29, 0.717) is 12.1 Å². The minimum atomic E-state index is -3.76. The Morgan fingerprint density at radius 2 is 1.70 bits per heavy atom. The summed E-state index contributed by atoms with van der Waals surface area (Å²) < 4.78 is 26.9. The number of nitrogens with one attached hydrogen (secondary N) is 1. The quantitative estimate of drug-likeness (QED) is 0.488. The third kappa shape index (κ3) is 7.57. The van der Waals surface area contributed by atoms with Crippen LogP contribution in [0.15, 0.2) is 42.5 Å². The highest BCUT2D eigenvalue weighted by Crippen LogP contribution is 2.26. The number of amides is 2. The van der Waals surface area contributed by atoms with Gasteiger partial charge in [-0.1, -0.05) is 68.1 Å². The molecule has 2 aromatic carbocycles. The van der Waals surface area contributed by atoms with E-state index in [1.54, 1.807) is 17.0 Å². The van der Waals surface area contributed by atoms with E-state index >= 15 is 0 Å². The highest BCUT2D eigenvalue weighted by molar-refractivity contribution is 7.92. The summed E-state index contributed by atoms with van der Waals surface area (Å²) in [4.78, 5) is 28.9. The Hall–Kier alpha value is -2.87. The van der Waals surface area contributed by atoms with Crippen molar-refractivity contribution in [2.75, 3.05) is 17.1 Å². The van der Waals surface area contributed by atoms with E-state index < -0.39 is 22.0 Å². The highest BCUT2D eigenvalue weighted by atomic mass is 32.2. The first-order valence-corrected chi connectivity index (χ1v) is 15.1. The van der Waals surface area contributed by atoms with E-state index in [0.717, 1.165) is 58.5 Å². The van der Waals surface area contributed by atoms with Crippen LogP contribution < -0.4 is 9.62 Å². The normalized spacial score (nSPS) is 15.2. The number of carbonyl (C=O) groups is 2. The maximum absolute atomic E-state index is 13.9. The summed E-state index contributed by atoms with van der Waals surface area (Å²) in [5.41, 5.74) is 4.17. The second-order valence-corrected chi connectivity index (χ2v) is 12.2. The Labute approximate surface area is 222 Å². The molecule has 1 saturated carbocycles. The molecular formula is C29H41N3O4S. The van der Waals surface area contributed by atoms with Crippen molar-refractivity contribution in [2.45, 2.75) is 84.8 Å². The van der Waals surface area contributed by atoms with Crippen molar-refractivity contribution in [1.82, 2.24) is 10.2 Å². The molecule has 0 spiro atoms. The number of anilines is 1. The van der Waals surface area contributed by atoms with Crippen molar-refractivity contribution >= 4 is 27.5 Å². The maximum atomic E-state index is 13.9. The van der Waals surface area contributed by atoms with E-state index in [-0.39, 0.29) is 25.0 Å². The number of aryl methyl sites for hydroxylation is 2. The second kappa shape index (κ2) is 12.6. The van der Waals surface area contributed by atoms with Gasteiger partial charge in [0.1, 0.15) is 12.6 Å². The van der Waals surface area contributed by atoms with Gasteiger partial charge < -0.3 is 10.2 Å². The van der Waals surface area contributed by atoms with Crippen LogP contribution in [0.4, 0.5) is 5.69 Å².